The highest BCUT2D eigenvalue weighted by molar-refractivity contribution is 7.85. The zero-order chi connectivity index (χ0) is 18.5. The van der Waals surface area contributed by atoms with Crippen LogP contribution in [0.3, 0.4) is 0 Å². The molecule has 0 bridgehead atoms. The fourth-order valence-electron chi connectivity index (χ4n) is 3.09. The van der Waals surface area contributed by atoms with Crippen molar-refractivity contribution in [1.29, 1.82) is 0 Å². The number of rotatable bonds is 16. The number of likely N-dealkylation sites (N-methyl/N-ethyl adjacent to an activating group) is 1. The quantitative estimate of drug-likeness (QED) is 0.238. The molecule has 0 rings (SSSR count). The van der Waals surface area contributed by atoms with E-state index in [1.54, 1.807) is 0 Å². The molecule has 0 aromatic rings. The molecule has 0 amide bonds. The van der Waals surface area contributed by atoms with Crippen LogP contribution in [0.15, 0.2) is 0 Å². The second-order valence-electron chi connectivity index (χ2n) is 7.61. The Labute approximate surface area is 150 Å². The van der Waals surface area contributed by atoms with E-state index in [1.165, 1.54) is 64.9 Å². The topological polar surface area (TPSA) is 66.4 Å². The first-order valence-corrected chi connectivity index (χ1v) is 11.1. The van der Waals surface area contributed by atoms with E-state index in [4.69, 9.17) is 4.74 Å². The van der Waals surface area contributed by atoms with Gasteiger partial charge in [-0.25, -0.2) is 8.42 Å². The summed E-state index contributed by atoms with van der Waals surface area (Å²) in [7, 11) is 1.36. The zero-order valence-electron chi connectivity index (χ0n) is 16.3. The number of quaternary nitrogens is 1. The van der Waals surface area contributed by atoms with Crippen LogP contribution in [-0.4, -0.2) is 63.6 Å². The van der Waals surface area contributed by atoms with Crippen molar-refractivity contribution in [3.05, 3.63) is 0 Å². The van der Waals surface area contributed by atoms with Gasteiger partial charge in [-0.05, 0) is 12.8 Å². The SMILES string of the molecule is CCCCCCCCCCCC[N+](C)(C)CC(CS(=O)(=O)[O-])OC. The first kappa shape index (κ1) is 23.8. The van der Waals surface area contributed by atoms with Gasteiger partial charge in [0, 0.05) is 7.11 Å². The van der Waals surface area contributed by atoms with E-state index in [2.05, 4.69) is 21.0 Å². The van der Waals surface area contributed by atoms with Crippen molar-refractivity contribution in [3.8, 4) is 0 Å². The average molecular weight is 366 g/mol. The first-order valence-electron chi connectivity index (χ1n) is 9.48. The van der Waals surface area contributed by atoms with Crippen LogP contribution < -0.4 is 0 Å². The summed E-state index contributed by atoms with van der Waals surface area (Å²) in [5, 5.41) is 0. The second-order valence-corrected chi connectivity index (χ2v) is 9.05. The molecule has 146 valence electrons. The molecule has 1 atom stereocenters. The Morgan fingerprint density at radius 2 is 1.38 bits per heavy atom. The van der Waals surface area contributed by atoms with Crippen LogP contribution in [-0.2, 0) is 14.9 Å². The highest BCUT2D eigenvalue weighted by Gasteiger charge is 2.23. The Bertz CT molecular complexity index is 396. The van der Waals surface area contributed by atoms with E-state index in [-0.39, 0.29) is 0 Å². The first-order chi connectivity index (χ1) is 11.2. The van der Waals surface area contributed by atoms with Gasteiger partial charge in [0.25, 0.3) is 0 Å². The average Bonchev–Trinajstić information content (AvgIpc) is 2.46. The molecule has 0 fully saturated rings. The molecule has 0 N–H and O–H groups in total. The maximum absolute atomic E-state index is 10.9. The molecule has 5 nitrogen and oxygen atoms in total. The Morgan fingerprint density at radius 3 is 1.79 bits per heavy atom. The van der Waals surface area contributed by atoms with E-state index in [9.17, 15) is 13.0 Å². The standard InChI is InChI=1S/C18H39NO4S/c1-5-6-7-8-9-10-11-12-13-14-15-19(2,3)16-18(23-4)17-24(20,21)22/h18H,5-17H2,1-4H3. The molecule has 0 heterocycles. The molecule has 0 saturated heterocycles. The summed E-state index contributed by atoms with van der Waals surface area (Å²) in [4.78, 5) is 0. The van der Waals surface area contributed by atoms with Gasteiger partial charge in [-0.2, -0.15) is 0 Å². The smallest absolute Gasteiger partial charge is 0.119 e. The Kier molecular flexibility index (Phi) is 13.0. The number of methoxy groups -OCH3 is 1. The van der Waals surface area contributed by atoms with Gasteiger partial charge in [0.2, 0.25) is 0 Å². The van der Waals surface area contributed by atoms with Crippen LogP contribution >= 0.6 is 0 Å². The predicted molar refractivity (Wildman–Crippen MR) is 99.0 cm³/mol. The molecule has 0 spiro atoms. The lowest BCUT2D eigenvalue weighted by Crippen LogP contribution is -2.48. The summed E-state index contributed by atoms with van der Waals surface area (Å²) < 4.78 is 38.5. The van der Waals surface area contributed by atoms with Gasteiger partial charge in [-0.15, -0.1) is 0 Å². The molecule has 6 heteroatoms. The van der Waals surface area contributed by atoms with E-state index < -0.39 is 22.0 Å². The van der Waals surface area contributed by atoms with Crippen LogP contribution in [0.2, 0.25) is 0 Å². The maximum atomic E-state index is 10.9. The molecular weight excluding hydrogens is 326 g/mol. The lowest BCUT2D eigenvalue weighted by Gasteiger charge is -2.33. The van der Waals surface area contributed by atoms with Gasteiger partial charge >= 0.3 is 0 Å². The number of hydrogen-bond acceptors (Lipinski definition) is 4. The van der Waals surface area contributed by atoms with Gasteiger partial charge in [-0.3, -0.25) is 0 Å². The van der Waals surface area contributed by atoms with Crippen molar-refractivity contribution in [3.63, 3.8) is 0 Å². The third kappa shape index (κ3) is 15.4. The molecular formula is C18H39NO4S. The molecule has 0 aliphatic heterocycles. The minimum absolute atomic E-state index is 0.441. The summed E-state index contributed by atoms with van der Waals surface area (Å²) in [6.07, 6.45) is 12.5. The summed E-state index contributed by atoms with van der Waals surface area (Å²) in [5.41, 5.74) is 0. The van der Waals surface area contributed by atoms with Crippen LogP contribution in [0.25, 0.3) is 0 Å². The maximum Gasteiger partial charge on any atom is 0.119 e. The number of ether oxygens (including phenoxy) is 1. The molecule has 0 aromatic carbocycles. The highest BCUT2D eigenvalue weighted by atomic mass is 32.2. The molecule has 0 aromatic heterocycles. The Balaban J connectivity index is 3.76. The predicted octanol–water partition coefficient (Wildman–Crippen LogP) is 3.54. The monoisotopic (exact) mass is 365 g/mol. The number of nitrogens with zero attached hydrogens (tertiary/aromatic N) is 1. The second kappa shape index (κ2) is 13.1. The van der Waals surface area contributed by atoms with Crippen molar-refractivity contribution in [2.24, 2.45) is 0 Å². The van der Waals surface area contributed by atoms with Crippen molar-refractivity contribution in [2.75, 3.05) is 40.0 Å². The van der Waals surface area contributed by atoms with E-state index in [1.807, 2.05) is 0 Å². The third-order valence-corrected chi connectivity index (χ3v) is 5.32. The lowest BCUT2D eigenvalue weighted by atomic mass is 10.1. The van der Waals surface area contributed by atoms with Gasteiger partial charge in [0.15, 0.2) is 0 Å². The minimum atomic E-state index is -4.24. The van der Waals surface area contributed by atoms with Gasteiger partial charge in [0.1, 0.15) is 12.6 Å². The Hall–Kier alpha value is -0.170. The molecule has 1 unspecified atom stereocenters. The van der Waals surface area contributed by atoms with Gasteiger partial charge in [0.05, 0.1) is 36.5 Å². The molecule has 0 radical (unpaired) electrons. The molecule has 0 aliphatic rings. The summed E-state index contributed by atoms with van der Waals surface area (Å²) in [6, 6.07) is 0. The number of unbranched alkanes of at least 4 members (excludes halogenated alkanes) is 9. The highest BCUT2D eigenvalue weighted by Crippen LogP contribution is 2.12. The van der Waals surface area contributed by atoms with E-state index in [0.29, 0.717) is 11.0 Å². The van der Waals surface area contributed by atoms with Crippen LogP contribution in [0.1, 0.15) is 71.1 Å². The summed E-state index contributed by atoms with van der Waals surface area (Å²) in [5.74, 6) is -0.441. The van der Waals surface area contributed by atoms with Crippen molar-refractivity contribution < 1.29 is 22.2 Å². The molecule has 24 heavy (non-hydrogen) atoms. The Morgan fingerprint density at radius 1 is 0.917 bits per heavy atom. The van der Waals surface area contributed by atoms with Crippen LogP contribution in [0.4, 0.5) is 0 Å². The number of hydrogen-bond donors (Lipinski definition) is 0. The third-order valence-electron chi connectivity index (χ3n) is 4.54. The fraction of sp³-hybridized carbons (Fsp3) is 1.00. The van der Waals surface area contributed by atoms with Crippen LogP contribution in [0, 0.1) is 0 Å². The normalized spacial score (nSPS) is 14.0. The summed E-state index contributed by atoms with van der Waals surface area (Å²) in [6.45, 7) is 3.78. The van der Waals surface area contributed by atoms with E-state index >= 15 is 0 Å². The zero-order valence-corrected chi connectivity index (χ0v) is 17.1. The van der Waals surface area contributed by atoms with Gasteiger partial charge < -0.3 is 13.8 Å². The summed E-state index contributed by atoms with van der Waals surface area (Å²) >= 11 is 0. The van der Waals surface area contributed by atoms with Gasteiger partial charge in [-0.1, -0.05) is 58.3 Å². The van der Waals surface area contributed by atoms with Crippen LogP contribution in [0.5, 0.6) is 0 Å². The van der Waals surface area contributed by atoms with Crippen molar-refractivity contribution >= 4 is 10.1 Å². The molecule has 0 aliphatic carbocycles. The lowest BCUT2D eigenvalue weighted by molar-refractivity contribution is -0.893. The minimum Gasteiger partial charge on any atom is -0.748 e. The van der Waals surface area contributed by atoms with Crippen molar-refractivity contribution in [1.82, 2.24) is 0 Å². The fourth-order valence-corrected chi connectivity index (χ4v) is 3.79. The van der Waals surface area contributed by atoms with Crippen molar-refractivity contribution in [2.45, 2.75) is 77.2 Å². The molecule has 0 saturated carbocycles. The largest absolute Gasteiger partial charge is 0.748 e. The van der Waals surface area contributed by atoms with E-state index in [0.717, 1.165) is 13.0 Å².